The van der Waals surface area contributed by atoms with Gasteiger partial charge in [-0.3, -0.25) is 4.79 Å². The molecule has 0 spiro atoms. The van der Waals surface area contributed by atoms with E-state index in [1.807, 2.05) is 12.1 Å². The van der Waals surface area contributed by atoms with Crippen LogP contribution in [0, 0.1) is 23.7 Å². The van der Waals surface area contributed by atoms with E-state index in [2.05, 4.69) is 39.4 Å². The molecule has 4 bridgehead atoms. The van der Waals surface area contributed by atoms with Gasteiger partial charge in [0.2, 0.25) is 0 Å². The standard InChI is InChI=1S/C27H33N3O3S/c1-16(32)25(15-31)28-27(33)19-2-4-22(5-3-19)29-30-23-6-8-24(9-7-23)34-26-20-11-17-10-18(13-20)14-21(26)12-17/h2-9,16-18,20-21,25-26,31-32H,10-15H2,1H3,(H,28,33)/b30-29+/t16-,17?,18?,20?,21?,25-,26?/m1/s1. The third-order valence-electron chi connectivity index (χ3n) is 7.76. The highest BCUT2D eigenvalue weighted by molar-refractivity contribution is 8.00. The summed E-state index contributed by atoms with van der Waals surface area (Å²) in [6, 6.07) is 14.4. The predicted octanol–water partition coefficient (Wildman–Crippen LogP) is 5.49. The normalized spacial score (nSPS) is 29.3. The number of carbonyl (C=O) groups excluding carboxylic acids is 1. The van der Waals surface area contributed by atoms with Crippen molar-refractivity contribution in [2.45, 2.75) is 61.3 Å². The number of amides is 1. The van der Waals surface area contributed by atoms with Gasteiger partial charge < -0.3 is 15.5 Å². The van der Waals surface area contributed by atoms with Crippen LogP contribution in [0.1, 0.15) is 49.4 Å². The zero-order valence-electron chi connectivity index (χ0n) is 19.5. The Morgan fingerprint density at radius 3 is 1.97 bits per heavy atom. The van der Waals surface area contributed by atoms with Gasteiger partial charge in [-0.1, -0.05) is 0 Å². The Hall–Kier alpha value is -2.22. The van der Waals surface area contributed by atoms with Crippen molar-refractivity contribution in [3.8, 4) is 0 Å². The molecule has 4 saturated carbocycles. The van der Waals surface area contributed by atoms with E-state index in [0.717, 1.165) is 34.6 Å². The Labute approximate surface area is 205 Å². The average Bonchev–Trinajstić information content (AvgIpc) is 2.83. The molecule has 2 atom stereocenters. The number of azo groups is 1. The highest BCUT2D eigenvalue weighted by Crippen LogP contribution is 2.58. The topological polar surface area (TPSA) is 94.3 Å². The summed E-state index contributed by atoms with van der Waals surface area (Å²) in [6.45, 7) is 1.20. The van der Waals surface area contributed by atoms with Crippen molar-refractivity contribution in [2.75, 3.05) is 6.61 Å². The van der Waals surface area contributed by atoms with Gasteiger partial charge in [0.15, 0.2) is 0 Å². The van der Waals surface area contributed by atoms with Crippen LogP contribution in [0.2, 0.25) is 0 Å². The van der Waals surface area contributed by atoms with Gasteiger partial charge >= 0.3 is 0 Å². The molecular weight excluding hydrogens is 446 g/mol. The number of nitrogens with one attached hydrogen (secondary N) is 1. The highest BCUT2D eigenvalue weighted by atomic mass is 32.2. The summed E-state index contributed by atoms with van der Waals surface area (Å²) >= 11 is 2.07. The molecule has 0 aromatic heterocycles. The fourth-order valence-electron chi connectivity index (χ4n) is 6.18. The van der Waals surface area contributed by atoms with E-state index < -0.39 is 12.1 Å². The van der Waals surface area contributed by atoms with Crippen LogP contribution in [-0.2, 0) is 0 Å². The number of benzene rings is 2. The minimum atomic E-state index is -0.834. The molecular formula is C27H33N3O3S. The summed E-state index contributed by atoms with van der Waals surface area (Å²) in [5, 5.41) is 30.9. The molecule has 34 heavy (non-hydrogen) atoms. The molecule has 180 valence electrons. The second-order valence-corrected chi connectivity index (χ2v) is 11.5. The van der Waals surface area contributed by atoms with Gasteiger partial charge in [0.05, 0.1) is 30.1 Å². The maximum atomic E-state index is 12.3. The molecule has 3 N–H and O–H groups in total. The first-order chi connectivity index (χ1) is 16.5. The second-order valence-electron chi connectivity index (χ2n) is 10.3. The van der Waals surface area contributed by atoms with Gasteiger partial charge in [-0.25, -0.2) is 0 Å². The van der Waals surface area contributed by atoms with Gasteiger partial charge in [-0.15, -0.1) is 11.8 Å². The number of nitrogens with zero attached hydrogens (tertiary/aromatic N) is 2. The quantitative estimate of drug-likeness (QED) is 0.436. The van der Waals surface area contributed by atoms with Gasteiger partial charge in [0.25, 0.3) is 5.91 Å². The van der Waals surface area contributed by atoms with E-state index in [1.54, 1.807) is 24.3 Å². The zero-order valence-corrected chi connectivity index (χ0v) is 20.3. The number of thioether (sulfide) groups is 1. The van der Waals surface area contributed by atoms with Crippen LogP contribution >= 0.6 is 11.8 Å². The van der Waals surface area contributed by atoms with E-state index in [-0.39, 0.29) is 12.5 Å². The molecule has 7 heteroatoms. The van der Waals surface area contributed by atoms with Crippen LogP contribution in [0.25, 0.3) is 0 Å². The van der Waals surface area contributed by atoms with Gasteiger partial charge in [0, 0.05) is 15.7 Å². The van der Waals surface area contributed by atoms with E-state index in [9.17, 15) is 15.0 Å². The molecule has 4 fully saturated rings. The smallest absolute Gasteiger partial charge is 0.251 e. The lowest BCUT2D eigenvalue weighted by Crippen LogP contribution is -2.46. The first-order valence-electron chi connectivity index (χ1n) is 12.4. The van der Waals surface area contributed by atoms with Crippen molar-refractivity contribution in [3.63, 3.8) is 0 Å². The van der Waals surface area contributed by atoms with Gasteiger partial charge in [-0.05, 0) is 111 Å². The van der Waals surface area contributed by atoms with E-state index >= 15 is 0 Å². The van der Waals surface area contributed by atoms with Crippen molar-refractivity contribution >= 4 is 29.0 Å². The molecule has 0 radical (unpaired) electrons. The molecule has 4 aliphatic carbocycles. The fraction of sp³-hybridized carbons (Fsp3) is 0.519. The van der Waals surface area contributed by atoms with E-state index in [1.165, 1.54) is 43.9 Å². The van der Waals surface area contributed by atoms with Crippen LogP contribution in [0.15, 0.2) is 63.7 Å². The fourth-order valence-corrected chi connectivity index (χ4v) is 7.62. The van der Waals surface area contributed by atoms with E-state index in [4.69, 9.17) is 0 Å². The lowest BCUT2D eigenvalue weighted by atomic mass is 9.56. The Kier molecular flexibility index (Phi) is 7.04. The van der Waals surface area contributed by atoms with Crippen LogP contribution in [-0.4, -0.2) is 40.1 Å². The van der Waals surface area contributed by atoms with Crippen molar-refractivity contribution in [3.05, 3.63) is 54.1 Å². The summed E-state index contributed by atoms with van der Waals surface area (Å²) in [5.41, 5.74) is 1.89. The number of aliphatic hydroxyl groups excluding tert-OH is 2. The monoisotopic (exact) mass is 479 g/mol. The van der Waals surface area contributed by atoms with Crippen molar-refractivity contribution in [1.82, 2.24) is 5.32 Å². The molecule has 0 aliphatic heterocycles. The highest BCUT2D eigenvalue weighted by Gasteiger charge is 2.48. The predicted molar refractivity (Wildman–Crippen MR) is 134 cm³/mol. The number of carbonyl (C=O) groups is 1. The molecule has 6 rings (SSSR count). The zero-order chi connectivity index (χ0) is 23.7. The molecule has 4 aliphatic rings. The summed E-state index contributed by atoms with van der Waals surface area (Å²) in [7, 11) is 0. The third kappa shape index (κ3) is 5.21. The second kappa shape index (κ2) is 10.2. The maximum absolute atomic E-state index is 12.3. The van der Waals surface area contributed by atoms with Crippen molar-refractivity contribution < 1.29 is 15.0 Å². The largest absolute Gasteiger partial charge is 0.394 e. The average molecular weight is 480 g/mol. The lowest BCUT2D eigenvalue weighted by Gasteiger charge is -2.54. The van der Waals surface area contributed by atoms with Gasteiger partial charge in [-0.2, -0.15) is 10.2 Å². The minimum absolute atomic E-state index is 0.324. The molecule has 2 aromatic rings. The van der Waals surface area contributed by atoms with Crippen LogP contribution in [0.3, 0.4) is 0 Å². The molecule has 0 unspecified atom stereocenters. The number of aliphatic hydroxyl groups is 2. The van der Waals surface area contributed by atoms with Crippen LogP contribution in [0.4, 0.5) is 11.4 Å². The summed E-state index contributed by atoms with van der Waals surface area (Å²) in [5.74, 6) is 3.48. The van der Waals surface area contributed by atoms with Crippen molar-refractivity contribution in [1.29, 1.82) is 0 Å². The molecule has 2 aromatic carbocycles. The Bertz CT molecular complexity index is 994. The summed E-state index contributed by atoms with van der Waals surface area (Å²) in [4.78, 5) is 13.6. The Balaban J connectivity index is 1.16. The SMILES string of the molecule is C[C@@H](O)[C@@H](CO)NC(=O)c1ccc(/N=N/c2ccc(SC3C4CC5CC(C4)CC3C5)cc2)cc1. The maximum Gasteiger partial charge on any atom is 0.251 e. The molecule has 6 nitrogen and oxygen atoms in total. The number of rotatable bonds is 8. The number of hydrogen-bond acceptors (Lipinski definition) is 6. The number of hydrogen-bond donors (Lipinski definition) is 3. The summed E-state index contributed by atoms with van der Waals surface area (Å²) in [6.07, 6.45) is 6.44. The van der Waals surface area contributed by atoms with Crippen molar-refractivity contribution in [2.24, 2.45) is 33.9 Å². The van der Waals surface area contributed by atoms with E-state index in [0.29, 0.717) is 11.3 Å². The first kappa shape index (κ1) is 23.5. The molecule has 1 amide bonds. The summed E-state index contributed by atoms with van der Waals surface area (Å²) < 4.78 is 0. The molecule has 0 saturated heterocycles. The minimum Gasteiger partial charge on any atom is -0.394 e. The Morgan fingerprint density at radius 2 is 1.47 bits per heavy atom. The molecule has 0 heterocycles. The van der Waals surface area contributed by atoms with Crippen LogP contribution < -0.4 is 5.32 Å². The first-order valence-corrected chi connectivity index (χ1v) is 13.2. The third-order valence-corrected chi connectivity index (χ3v) is 9.34. The van der Waals surface area contributed by atoms with Gasteiger partial charge in [0.1, 0.15) is 0 Å². The Morgan fingerprint density at radius 1 is 0.941 bits per heavy atom. The van der Waals surface area contributed by atoms with Crippen LogP contribution in [0.5, 0.6) is 0 Å². The lowest BCUT2D eigenvalue weighted by molar-refractivity contribution is 0.0267.